The Morgan fingerprint density at radius 1 is 1.30 bits per heavy atom. The van der Waals surface area contributed by atoms with Crippen molar-refractivity contribution in [3.05, 3.63) is 53.0 Å². The molecule has 2 amide bonds. The van der Waals surface area contributed by atoms with Crippen LogP contribution in [0.25, 0.3) is 11.6 Å². The standard InChI is InChI=1S/C22H28FN7O3/c1-5-16(13-18-26-20(27-29(18)3)15-9-7-6-8-10-15)25-21(31)19-17(14-24-30(19)4)22(32)28(2)11-12-33-23/h7,9-10,13-14H,5-6,8,11-12H2,1-4H3,(H,25,31)/b16-13+. The van der Waals surface area contributed by atoms with Gasteiger partial charge in [-0.15, -0.1) is 0 Å². The summed E-state index contributed by atoms with van der Waals surface area (Å²) in [7, 11) is 4.86. The third-order valence-electron chi connectivity index (χ3n) is 5.24. The summed E-state index contributed by atoms with van der Waals surface area (Å²) in [4.78, 5) is 35.1. The molecule has 0 radical (unpaired) electrons. The van der Waals surface area contributed by atoms with Crippen molar-refractivity contribution in [2.45, 2.75) is 26.2 Å². The van der Waals surface area contributed by atoms with Crippen molar-refractivity contribution in [3.8, 4) is 0 Å². The Balaban J connectivity index is 1.81. The minimum atomic E-state index is -0.484. The maximum atomic E-state index is 13.1. The predicted octanol–water partition coefficient (Wildman–Crippen LogP) is 2.44. The van der Waals surface area contributed by atoms with Crippen molar-refractivity contribution in [1.82, 2.24) is 34.8 Å². The van der Waals surface area contributed by atoms with Gasteiger partial charge in [0, 0.05) is 45.0 Å². The molecule has 0 saturated heterocycles. The molecule has 0 saturated carbocycles. The monoisotopic (exact) mass is 457 g/mol. The first-order valence-corrected chi connectivity index (χ1v) is 10.7. The minimum absolute atomic E-state index is 0.0332. The molecule has 0 aliphatic heterocycles. The molecular formula is C22H28FN7O3. The molecule has 1 aliphatic carbocycles. The second-order valence-electron chi connectivity index (χ2n) is 7.60. The van der Waals surface area contributed by atoms with E-state index in [4.69, 9.17) is 0 Å². The molecule has 2 aromatic heterocycles. The van der Waals surface area contributed by atoms with Gasteiger partial charge in [0.15, 0.2) is 11.6 Å². The molecule has 0 fully saturated rings. The number of rotatable bonds is 9. The first-order chi connectivity index (χ1) is 15.8. The summed E-state index contributed by atoms with van der Waals surface area (Å²) in [5.41, 5.74) is 1.79. The summed E-state index contributed by atoms with van der Waals surface area (Å²) >= 11 is 0. The summed E-state index contributed by atoms with van der Waals surface area (Å²) in [6.45, 7) is 1.67. The van der Waals surface area contributed by atoms with E-state index >= 15 is 0 Å². The average Bonchev–Trinajstić information content (AvgIpc) is 3.39. The van der Waals surface area contributed by atoms with E-state index in [-0.39, 0.29) is 24.4 Å². The van der Waals surface area contributed by atoms with Crippen LogP contribution in [0.15, 0.2) is 30.1 Å². The maximum Gasteiger partial charge on any atom is 0.274 e. The lowest BCUT2D eigenvalue weighted by Gasteiger charge is -2.16. The fourth-order valence-corrected chi connectivity index (χ4v) is 3.35. The third kappa shape index (κ3) is 5.61. The van der Waals surface area contributed by atoms with Crippen molar-refractivity contribution in [2.24, 2.45) is 14.1 Å². The van der Waals surface area contributed by atoms with E-state index in [9.17, 15) is 14.1 Å². The zero-order chi connectivity index (χ0) is 24.0. The minimum Gasteiger partial charge on any atom is -0.339 e. The lowest BCUT2D eigenvalue weighted by molar-refractivity contribution is -0.133. The highest BCUT2D eigenvalue weighted by Gasteiger charge is 2.25. The van der Waals surface area contributed by atoms with Gasteiger partial charge in [-0.05, 0) is 23.8 Å². The Morgan fingerprint density at radius 3 is 2.76 bits per heavy atom. The molecule has 0 aromatic carbocycles. The van der Waals surface area contributed by atoms with Crippen LogP contribution in [-0.2, 0) is 19.0 Å². The van der Waals surface area contributed by atoms with Crippen LogP contribution in [0.5, 0.6) is 0 Å². The van der Waals surface area contributed by atoms with Crippen LogP contribution in [0.2, 0.25) is 0 Å². The number of carbonyl (C=O) groups excluding carboxylic acids is 2. The van der Waals surface area contributed by atoms with Gasteiger partial charge >= 0.3 is 0 Å². The van der Waals surface area contributed by atoms with Gasteiger partial charge in [-0.2, -0.15) is 15.1 Å². The van der Waals surface area contributed by atoms with Gasteiger partial charge in [-0.1, -0.05) is 25.2 Å². The fourth-order valence-electron chi connectivity index (χ4n) is 3.35. The Bertz CT molecular complexity index is 1110. The van der Waals surface area contributed by atoms with Crippen LogP contribution in [0.3, 0.4) is 0 Å². The highest BCUT2D eigenvalue weighted by Crippen LogP contribution is 2.19. The summed E-state index contributed by atoms with van der Waals surface area (Å²) in [6, 6.07) is 0. The van der Waals surface area contributed by atoms with Crippen molar-refractivity contribution in [3.63, 3.8) is 0 Å². The molecule has 1 aliphatic rings. The van der Waals surface area contributed by atoms with Crippen molar-refractivity contribution in [1.29, 1.82) is 0 Å². The van der Waals surface area contributed by atoms with Crippen molar-refractivity contribution >= 4 is 23.5 Å². The van der Waals surface area contributed by atoms with Gasteiger partial charge in [0.25, 0.3) is 11.8 Å². The normalized spacial score (nSPS) is 13.7. The van der Waals surface area contributed by atoms with Crippen LogP contribution >= 0.6 is 0 Å². The van der Waals surface area contributed by atoms with Gasteiger partial charge in [-0.3, -0.25) is 14.3 Å². The Labute approximate surface area is 191 Å². The number of halogens is 1. The second kappa shape index (κ2) is 10.8. The number of hydrogen-bond donors (Lipinski definition) is 1. The Kier molecular flexibility index (Phi) is 7.88. The quantitative estimate of drug-likeness (QED) is 0.620. The largest absolute Gasteiger partial charge is 0.339 e. The summed E-state index contributed by atoms with van der Waals surface area (Å²) in [6.07, 6.45) is 11.7. The number of allylic oxidation sites excluding steroid dienone is 5. The molecule has 0 bridgehead atoms. The van der Waals surface area contributed by atoms with Crippen molar-refractivity contribution < 1.29 is 19.1 Å². The lowest BCUT2D eigenvalue weighted by atomic mass is 10.1. The number of nitrogens with zero attached hydrogens (tertiary/aromatic N) is 6. The molecule has 10 nitrogen and oxygen atoms in total. The number of carbonyl (C=O) groups is 2. The first kappa shape index (κ1) is 24.1. The number of aryl methyl sites for hydroxylation is 2. The van der Waals surface area contributed by atoms with Gasteiger partial charge in [0.1, 0.15) is 12.3 Å². The average molecular weight is 458 g/mol. The SMILES string of the molecule is CC/C(=C\c1nc(C2=CCCC=C2)nn1C)NC(=O)c1c(C(=O)N(C)CCOF)cnn1C. The molecule has 3 rings (SSSR count). The van der Waals surface area contributed by atoms with Gasteiger partial charge < -0.3 is 10.2 Å². The second-order valence-corrected chi connectivity index (χ2v) is 7.60. The summed E-state index contributed by atoms with van der Waals surface area (Å²) in [5, 5.41) is 11.4. The van der Waals surface area contributed by atoms with Crippen LogP contribution in [-0.4, -0.2) is 61.5 Å². The number of nitrogens with one attached hydrogen (secondary N) is 1. The highest BCUT2D eigenvalue weighted by atomic mass is 19.3. The lowest BCUT2D eigenvalue weighted by Crippen LogP contribution is -2.33. The van der Waals surface area contributed by atoms with Gasteiger partial charge in [-0.25, -0.2) is 9.67 Å². The molecular weight excluding hydrogens is 429 g/mol. The Hall–Kier alpha value is -3.60. The number of likely N-dealkylation sites (N-methyl/N-ethyl adjacent to an activating group) is 1. The predicted molar refractivity (Wildman–Crippen MR) is 120 cm³/mol. The van der Waals surface area contributed by atoms with E-state index in [2.05, 4.69) is 37.6 Å². The van der Waals surface area contributed by atoms with E-state index < -0.39 is 11.8 Å². The van der Waals surface area contributed by atoms with E-state index in [1.165, 1.54) is 22.8 Å². The molecule has 2 heterocycles. The molecule has 0 atom stereocenters. The van der Waals surface area contributed by atoms with E-state index in [0.29, 0.717) is 23.8 Å². The van der Waals surface area contributed by atoms with Gasteiger partial charge in [0.2, 0.25) is 0 Å². The number of aromatic nitrogens is 5. The number of amides is 2. The Morgan fingerprint density at radius 2 is 2.09 bits per heavy atom. The summed E-state index contributed by atoms with van der Waals surface area (Å²) in [5.74, 6) is 0.275. The topological polar surface area (TPSA) is 107 Å². The fraction of sp³-hybridized carbons (Fsp3) is 0.409. The maximum absolute atomic E-state index is 13.1. The van der Waals surface area contributed by atoms with Crippen LogP contribution in [0.1, 0.15) is 58.7 Å². The van der Waals surface area contributed by atoms with E-state index in [1.807, 2.05) is 13.0 Å². The number of hydrogen-bond acceptors (Lipinski definition) is 6. The van der Waals surface area contributed by atoms with Gasteiger partial charge in [0.05, 0.1) is 11.8 Å². The van der Waals surface area contributed by atoms with Crippen LogP contribution < -0.4 is 5.32 Å². The highest BCUT2D eigenvalue weighted by molar-refractivity contribution is 6.06. The molecule has 11 heteroatoms. The van der Waals surface area contributed by atoms with E-state index in [1.54, 1.807) is 24.9 Å². The zero-order valence-electron chi connectivity index (χ0n) is 19.2. The van der Waals surface area contributed by atoms with Crippen LogP contribution in [0.4, 0.5) is 4.53 Å². The molecule has 1 N–H and O–H groups in total. The molecule has 0 spiro atoms. The third-order valence-corrected chi connectivity index (χ3v) is 5.24. The van der Waals surface area contributed by atoms with E-state index in [0.717, 1.165) is 18.4 Å². The molecule has 2 aromatic rings. The molecule has 0 unspecified atom stereocenters. The molecule has 176 valence electrons. The van der Waals surface area contributed by atoms with Crippen LogP contribution in [0, 0.1) is 0 Å². The molecule has 33 heavy (non-hydrogen) atoms. The smallest absolute Gasteiger partial charge is 0.274 e. The van der Waals surface area contributed by atoms with Crippen molar-refractivity contribution in [2.75, 3.05) is 20.2 Å². The first-order valence-electron chi connectivity index (χ1n) is 10.7. The zero-order valence-corrected chi connectivity index (χ0v) is 19.2. The summed E-state index contributed by atoms with van der Waals surface area (Å²) < 4.78 is 15.0.